The minimum absolute atomic E-state index is 0.00369. The average Bonchev–Trinajstić information content (AvgIpc) is 1.74. The fourth-order valence-electron chi connectivity index (χ4n) is 32.8. The van der Waals surface area contributed by atoms with Crippen LogP contribution in [0.3, 0.4) is 0 Å². The van der Waals surface area contributed by atoms with Crippen LogP contribution in [0.5, 0.6) is 0 Å². The Morgan fingerprint density at radius 2 is 0.752 bits per heavy atom. The van der Waals surface area contributed by atoms with Crippen molar-refractivity contribution >= 4 is 47.8 Å². The predicted octanol–water partition coefficient (Wildman–Crippen LogP) is 16.2. The van der Waals surface area contributed by atoms with E-state index >= 15 is 0 Å². The Morgan fingerprint density at radius 1 is 0.394 bits per heavy atom. The maximum atomic E-state index is 13.9. The largest absolute Gasteiger partial charge is 0.466 e. The van der Waals surface area contributed by atoms with Crippen LogP contribution in [0.1, 0.15) is 362 Å². The number of fused-ring (bicyclic) bond motifs is 4. The summed E-state index contributed by atoms with van der Waals surface area (Å²) < 4.78 is 24.0. The Kier molecular flexibility index (Phi) is 27.4. The highest BCUT2D eigenvalue weighted by Gasteiger charge is 2.55. The summed E-state index contributed by atoms with van der Waals surface area (Å²) in [6, 6.07) is 12.3. The van der Waals surface area contributed by atoms with Gasteiger partial charge < -0.3 is 61.2 Å². The second-order valence-corrected chi connectivity index (χ2v) is 47.3. The van der Waals surface area contributed by atoms with Crippen LogP contribution in [0, 0.1) is 101 Å². The molecule has 4 atom stereocenters. The molecule has 4 aromatic heterocycles. The molecular formula is C109H155N17O11. The van der Waals surface area contributed by atoms with E-state index in [1.807, 2.05) is 46.8 Å². The average molecular weight is 1880 g/mol. The van der Waals surface area contributed by atoms with Crippen LogP contribution in [-0.4, -0.2) is 193 Å². The van der Waals surface area contributed by atoms with Gasteiger partial charge in [-0.15, -0.1) is 0 Å². The second-order valence-electron chi connectivity index (χ2n) is 47.3. The van der Waals surface area contributed by atoms with Gasteiger partial charge in [0.2, 0.25) is 0 Å². The van der Waals surface area contributed by atoms with Gasteiger partial charge in [-0.1, -0.05) is 76.0 Å². The zero-order valence-corrected chi connectivity index (χ0v) is 82.2. The summed E-state index contributed by atoms with van der Waals surface area (Å²) >= 11 is 0. The van der Waals surface area contributed by atoms with Gasteiger partial charge in [0.15, 0.2) is 17.1 Å². The number of carbonyl (C=O) groups excluding carboxylic acids is 8. The van der Waals surface area contributed by atoms with E-state index in [4.69, 9.17) is 34.6 Å². The van der Waals surface area contributed by atoms with Crippen LogP contribution in [0.25, 0.3) is 5.69 Å². The third-order valence-corrected chi connectivity index (χ3v) is 38.4. The number of hydrogen-bond donors (Lipinski definition) is 7. The number of methoxy groups -OCH3 is 1. The number of para-hydroxylation sites is 1. The zero-order chi connectivity index (χ0) is 93.4. The summed E-state index contributed by atoms with van der Waals surface area (Å²) in [6.07, 6.45) is 53.3. The molecule has 29 rings (SSSR count). The summed E-state index contributed by atoms with van der Waals surface area (Å²) in [4.78, 5) is 108. The Morgan fingerprint density at radius 3 is 1.11 bits per heavy atom. The first-order chi connectivity index (χ1) is 66.8. The fourth-order valence-corrected chi connectivity index (χ4v) is 32.8. The molecule has 742 valence electrons. The highest BCUT2D eigenvalue weighted by Crippen LogP contribution is 2.58. The van der Waals surface area contributed by atoms with Crippen LogP contribution in [0.15, 0.2) is 30.3 Å². The molecule has 28 nitrogen and oxygen atoms in total. The smallest absolute Gasteiger partial charge is 0.407 e. The summed E-state index contributed by atoms with van der Waals surface area (Å²) in [6.45, 7) is 4.70. The first-order valence-corrected chi connectivity index (χ1v) is 55.1. The van der Waals surface area contributed by atoms with Crippen molar-refractivity contribution in [2.75, 3.05) is 54.1 Å². The molecule has 23 aliphatic carbocycles. The third kappa shape index (κ3) is 19.4. The summed E-state index contributed by atoms with van der Waals surface area (Å²) in [5, 5.41) is 43.3. The zero-order valence-electron chi connectivity index (χ0n) is 82.2. The van der Waals surface area contributed by atoms with E-state index in [0.29, 0.717) is 178 Å². The van der Waals surface area contributed by atoms with Gasteiger partial charge in [0, 0.05) is 109 Å². The van der Waals surface area contributed by atoms with Gasteiger partial charge in [-0.05, 0) is 358 Å². The molecule has 16 bridgehead atoms. The molecule has 9 amide bonds. The number of carbonyl (C=O) groups is 8. The highest BCUT2D eigenvalue weighted by molar-refractivity contribution is 5.97. The topological polar surface area (TPSA) is 326 Å². The Hall–Kier alpha value is -8.82. The molecule has 28 heteroatoms. The Bertz CT molecular complexity index is 5100. The summed E-state index contributed by atoms with van der Waals surface area (Å²) in [5.41, 5.74) is 12.2. The molecule has 5 aromatic rings. The van der Waals surface area contributed by atoms with E-state index < -0.39 is 6.09 Å². The van der Waals surface area contributed by atoms with Crippen LogP contribution in [0.4, 0.5) is 14.4 Å². The number of nitrogens with one attached hydrogen (secondary N) is 7. The van der Waals surface area contributed by atoms with Crippen LogP contribution >= 0.6 is 0 Å². The van der Waals surface area contributed by atoms with Gasteiger partial charge in [-0.3, -0.25) is 38.0 Å². The number of hydrogen-bond acceptors (Lipinski definition) is 15. The van der Waals surface area contributed by atoms with Crippen molar-refractivity contribution in [2.24, 2.45) is 101 Å². The SMILES string of the molecule is CCOC(=O)C1CCc2nn(-c3ccccc3)c(C(=O)NC3C4CC5CC(C4)CC3C5)c2C1.CN(C)C(=O)NC1CCc2c(c(C(=O)NC3C4CC5CC(C4)CC3C5)nn2C2CCCCC2)C1.COC(=O)NC1CCc2c(c(C(=O)NC3C4CC5CC(C4)CC3C5)nn2C2CCCCC2)C1.O=C(NC1C2CC3CC(C2)CC1C3)c1nn(C2CCCCC2)c2c1CC(NC(=O)N1CCOCC1)CC2. The van der Waals surface area contributed by atoms with Gasteiger partial charge in [-0.25, -0.2) is 19.1 Å². The number of benzene rings is 1. The van der Waals surface area contributed by atoms with Crippen LogP contribution < -0.4 is 37.2 Å². The lowest BCUT2D eigenvalue weighted by molar-refractivity contribution is -0.148. The third-order valence-electron chi connectivity index (χ3n) is 38.4. The number of alkyl carbamates (subject to hydrolysis) is 1. The molecule has 137 heavy (non-hydrogen) atoms. The van der Waals surface area contributed by atoms with Gasteiger partial charge in [-0.2, -0.15) is 20.4 Å². The predicted molar refractivity (Wildman–Crippen MR) is 518 cm³/mol. The Labute approximate surface area is 809 Å². The number of nitrogens with zero attached hydrogens (tertiary/aromatic N) is 10. The van der Waals surface area contributed by atoms with Crippen molar-refractivity contribution in [3.05, 3.63) is 98.1 Å². The van der Waals surface area contributed by atoms with E-state index in [2.05, 4.69) is 51.3 Å². The van der Waals surface area contributed by atoms with E-state index in [0.717, 1.165) is 158 Å². The molecule has 5 heterocycles. The number of aryl methyl sites for hydroxylation is 1. The number of urea groups is 2. The van der Waals surface area contributed by atoms with Crippen molar-refractivity contribution < 1.29 is 52.6 Å². The fraction of sp³-hybridized carbons (Fsp3) is 0.761. The molecule has 20 fully saturated rings. The lowest BCUT2D eigenvalue weighted by atomic mass is 9.54. The minimum atomic E-state index is -0.400. The number of esters is 1. The van der Waals surface area contributed by atoms with E-state index in [1.54, 1.807) is 19.0 Å². The van der Waals surface area contributed by atoms with Gasteiger partial charge in [0.1, 0.15) is 5.69 Å². The van der Waals surface area contributed by atoms with Crippen molar-refractivity contribution in [3.63, 3.8) is 0 Å². The van der Waals surface area contributed by atoms with Crippen molar-refractivity contribution in [2.45, 2.75) is 369 Å². The number of aromatic nitrogens is 8. The first kappa shape index (κ1) is 93.2. The van der Waals surface area contributed by atoms with Gasteiger partial charge >= 0.3 is 24.1 Å². The first-order valence-electron chi connectivity index (χ1n) is 55.1. The Balaban J connectivity index is 0.000000106. The molecule has 7 N–H and O–H groups in total. The molecule has 1 aliphatic heterocycles. The van der Waals surface area contributed by atoms with Crippen LogP contribution in [-0.2, 0) is 70.4 Å². The minimum Gasteiger partial charge on any atom is -0.466 e. The van der Waals surface area contributed by atoms with Crippen LogP contribution in [0.2, 0.25) is 0 Å². The molecule has 4 unspecified atom stereocenters. The van der Waals surface area contributed by atoms with Crippen molar-refractivity contribution in [1.29, 1.82) is 0 Å². The van der Waals surface area contributed by atoms with E-state index in [9.17, 15) is 38.4 Å². The number of amides is 9. The molecule has 0 radical (unpaired) electrons. The van der Waals surface area contributed by atoms with Gasteiger partial charge in [0.25, 0.3) is 23.6 Å². The second kappa shape index (κ2) is 40.3. The lowest BCUT2D eigenvalue weighted by Crippen LogP contribution is -2.56. The number of rotatable bonds is 17. The maximum absolute atomic E-state index is 13.9. The highest BCUT2D eigenvalue weighted by atomic mass is 16.5. The van der Waals surface area contributed by atoms with E-state index in [1.165, 1.54) is 210 Å². The number of ether oxygens (including phenoxy) is 3. The quantitative estimate of drug-likeness (QED) is 0.0426. The molecule has 1 saturated heterocycles. The molecule has 0 spiro atoms. The van der Waals surface area contributed by atoms with E-state index in [-0.39, 0.29) is 71.7 Å². The van der Waals surface area contributed by atoms with Gasteiger partial charge in [0.05, 0.1) is 62.4 Å². The summed E-state index contributed by atoms with van der Waals surface area (Å²) in [7, 11) is 4.94. The standard InChI is InChI=1S/C29H43N5O3.C27H41N5O2.C27H33N3O3.C26H38N4O3/c35-28(31-26-20-13-18-12-19(15-20)16-21(26)14-18)27-24-17-22(30-29(36)33-8-10-37-11-9-33)6-7-25(24)34(32-27)23-4-2-1-3-5-23;1-31(2)27(34)28-20-8-9-23-22(15-20)25(30-32(23)21-6-4-3-5-7-21)26(33)29-24-18-11-16-10-17(13-18)14-19(24)12-16;1-2-33-27(32)18-8-9-23-22(15-18)25(30(29-23)21-6-4-3-5-7-21)26(31)28-24-19-11-16-10-17(13-19)14-20(24)12-16;1-33-26(32)27-19-7-8-22-21(14-19)24(29-30(22)20-5-3-2-4-6-20)25(31)28-23-17-10-15-9-16(12-17)13-18(23)11-15/h18-23,26H,1-17H2,(H,30,36)(H,31,35);16-21,24H,3-15H2,1-2H3,(H,28,34)(H,29,33);3-7,16-20,24H,2,8-15H2,1H3,(H,28,31);15-20,23H,2-14H2,1H3,(H,27,32)(H,28,31). The monoisotopic (exact) mass is 1880 g/mol. The molecule has 19 saturated carbocycles. The van der Waals surface area contributed by atoms with Crippen molar-refractivity contribution in [3.8, 4) is 5.69 Å². The molecule has 24 aliphatic rings. The molecular weight excluding hydrogens is 1720 g/mol. The normalized spacial score (nSPS) is 34.2. The van der Waals surface area contributed by atoms with Crippen molar-refractivity contribution in [1.82, 2.24) is 86.1 Å². The molecule has 1 aromatic carbocycles. The maximum Gasteiger partial charge on any atom is 0.407 e. The summed E-state index contributed by atoms with van der Waals surface area (Å²) in [5.74, 6) is 11.9. The lowest BCUT2D eigenvalue weighted by Gasteiger charge is -2.54. The number of morpholine rings is 1.